The predicted octanol–water partition coefficient (Wildman–Crippen LogP) is 2.00. The summed E-state index contributed by atoms with van der Waals surface area (Å²) >= 11 is 0. The molecule has 10 heteroatoms. The lowest BCUT2D eigenvalue weighted by atomic mass is 10.2. The molecule has 2 heterocycles. The van der Waals surface area contributed by atoms with Crippen LogP contribution in [0.2, 0.25) is 0 Å². The quantitative estimate of drug-likeness (QED) is 0.656. The van der Waals surface area contributed by atoms with Gasteiger partial charge in [-0.15, -0.1) is 5.10 Å². The Morgan fingerprint density at radius 3 is 2.62 bits per heavy atom. The number of rotatable bonds is 6. The van der Waals surface area contributed by atoms with Crippen molar-refractivity contribution in [2.24, 2.45) is 7.05 Å². The van der Waals surface area contributed by atoms with Crippen molar-refractivity contribution in [3.63, 3.8) is 0 Å². The number of hydrogen-bond donors (Lipinski definition) is 2. The number of anilines is 1. The van der Waals surface area contributed by atoms with E-state index in [1.54, 1.807) is 11.7 Å². The molecule has 3 aromatic rings. The van der Waals surface area contributed by atoms with E-state index in [9.17, 15) is 18.4 Å². The number of carbonyl (C=O) groups excluding carboxylic acids is 2. The topological polar surface area (TPSA) is 98.1 Å². The maximum absolute atomic E-state index is 13.1. The fraction of sp³-hybridized carbons (Fsp3) is 0.263. The molecule has 0 bridgehead atoms. The third kappa shape index (κ3) is 4.65. The summed E-state index contributed by atoms with van der Waals surface area (Å²) in [7, 11) is 1.73. The zero-order valence-electron chi connectivity index (χ0n) is 16.0. The second kappa shape index (κ2) is 8.21. The summed E-state index contributed by atoms with van der Waals surface area (Å²) in [6.07, 6.45) is 0. The van der Waals surface area contributed by atoms with Gasteiger partial charge in [-0.1, -0.05) is 0 Å². The first-order chi connectivity index (χ1) is 13.7. The molecule has 2 amide bonds. The largest absolute Gasteiger partial charge is 0.466 e. The van der Waals surface area contributed by atoms with Crippen LogP contribution in [-0.4, -0.2) is 39.7 Å². The monoisotopic (exact) mass is 403 g/mol. The van der Waals surface area contributed by atoms with Crippen LogP contribution in [0.25, 0.3) is 11.0 Å². The number of pyridine rings is 1. The maximum atomic E-state index is 13.1. The van der Waals surface area contributed by atoms with Gasteiger partial charge >= 0.3 is 0 Å². The van der Waals surface area contributed by atoms with Crippen molar-refractivity contribution in [1.29, 1.82) is 0 Å². The summed E-state index contributed by atoms with van der Waals surface area (Å²) < 4.78 is 33.1. The van der Waals surface area contributed by atoms with E-state index in [1.165, 1.54) is 6.07 Å². The van der Waals surface area contributed by atoms with Crippen molar-refractivity contribution in [3.8, 4) is 5.88 Å². The summed E-state index contributed by atoms with van der Waals surface area (Å²) in [6.45, 7) is 3.06. The molecule has 29 heavy (non-hydrogen) atoms. The minimum Gasteiger partial charge on any atom is -0.466 e. The van der Waals surface area contributed by atoms with Gasteiger partial charge in [0.1, 0.15) is 0 Å². The van der Waals surface area contributed by atoms with E-state index < -0.39 is 23.4 Å². The number of ether oxygens (including phenoxy) is 1. The van der Waals surface area contributed by atoms with Gasteiger partial charge in [-0.2, -0.15) is 0 Å². The van der Waals surface area contributed by atoms with E-state index in [1.807, 2.05) is 19.9 Å². The Morgan fingerprint density at radius 1 is 1.14 bits per heavy atom. The highest BCUT2D eigenvalue weighted by molar-refractivity contribution is 5.94. The molecule has 0 aliphatic heterocycles. The van der Waals surface area contributed by atoms with Crippen LogP contribution in [0.1, 0.15) is 11.3 Å². The number of fused-ring (bicyclic) bond motifs is 1. The number of halogens is 2. The minimum atomic E-state index is -1.08. The fourth-order valence-electron chi connectivity index (χ4n) is 2.79. The Balaban J connectivity index is 1.54. The van der Waals surface area contributed by atoms with Gasteiger partial charge in [-0.05, 0) is 37.6 Å². The number of hydrogen-bond acceptors (Lipinski definition) is 5. The van der Waals surface area contributed by atoms with Gasteiger partial charge in [-0.25, -0.2) is 18.4 Å². The van der Waals surface area contributed by atoms with Crippen LogP contribution in [0.15, 0.2) is 24.3 Å². The highest BCUT2D eigenvalue weighted by atomic mass is 19.2. The van der Waals surface area contributed by atoms with Crippen LogP contribution in [0.4, 0.5) is 14.5 Å². The van der Waals surface area contributed by atoms with E-state index in [0.717, 1.165) is 23.4 Å². The van der Waals surface area contributed by atoms with Crippen LogP contribution in [0.5, 0.6) is 5.88 Å². The average Bonchev–Trinajstić information content (AvgIpc) is 2.97. The van der Waals surface area contributed by atoms with Gasteiger partial charge in [0.05, 0.1) is 11.9 Å². The third-order valence-electron chi connectivity index (χ3n) is 4.08. The Labute approximate surface area is 164 Å². The molecule has 152 valence electrons. The molecule has 2 aromatic heterocycles. The van der Waals surface area contributed by atoms with Crippen molar-refractivity contribution in [1.82, 2.24) is 20.1 Å². The number of aryl methyl sites for hydroxylation is 3. The maximum Gasteiger partial charge on any atom is 0.258 e. The molecule has 2 N–H and O–H groups in total. The van der Waals surface area contributed by atoms with E-state index >= 15 is 0 Å². The minimum absolute atomic E-state index is 0.0811. The standard InChI is InChI=1S/C19H19F2N5O3/c1-10-6-11(2)23-18-17(10)19(25-26(18)3)29-9-16(28)22-8-15(27)24-12-4-5-13(20)14(21)7-12/h4-7H,8-9H2,1-3H3,(H,22,28)(H,24,27). The van der Waals surface area contributed by atoms with Gasteiger partial charge in [0.2, 0.25) is 11.8 Å². The van der Waals surface area contributed by atoms with Crippen LogP contribution in [0, 0.1) is 25.5 Å². The molecular formula is C19H19F2N5O3. The van der Waals surface area contributed by atoms with E-state index in [-0.39, 0.29) is 24.7 Å². The number of nitrogens with one attached hydrogen (secondary N) is 2. The molecular weight excluding hydrogens is 384 g/mol. The van der Waals surface area contributed by atoms with E-state index in [4.69, 9.17) is 4.74 Å². The number of carbonyl (C=O) groups is 2. The Morgan fingerprint density at radius 2 is 1.90 bits per heavy atom. The van der Waals surface area contributed by atoms with Crippen molar-refractivity contribution >= 4 is 28.5 Å². The molecule has 1 aromatic carbocycles. The molecule has 3 rings (SSSR count). The predicted molar refractivity (Wildman–Crippen MR) is 101 cm³/mol. The van der Waals surface area contributed by atoms with Crippen molar-refractivity contribution in [2.75, 3.05) is 18.5 Å². The smallest absolute Gasteiger partial charge is 0.258 e. The second-order valence-corrected chi connectivity index (χ2v) is 6.45. The normalized spacial score (nSPS) is 10.8. The van der Waals surface area contributed by atoms with E-state index in [0.29, 0.717) is 11.0 Å². The molecule has 0 radical (unpaired) electrons. The first-order valence-electron chi connectivity index (χ1n) is 8.70. The summed E-state index contributed by atoms with van der Waals surface area (Å²) in [5.41, 5.74) is 2.48. The summed E-state index contributed by atoms with van der Waals surface area (Å²) in [5.74, 6) is -2.96. The Bertz CT molecular complexity index is 1100. The lowest BCUT2D eigenvalue weighted by Gasteiger charge is -2.08. The van der Waals surface area contributed by atoms with Crippen LogP contribution < -0.4 is 15.4 Å². The van der Waals surface area contributed by atoms with Gasteiger partial charge in [0.25, 0.3) is 5.91 Å². The molecule has 0 saturated carbocycles. The summed E-state index contributed by atoms with van der Waals surface area (Å²) in [6, 6.07) is 4.85. The van der Waals surface area contributed by atoms with Gasteiger partial charge in [0, 0.05) is 24.5 Å². The average molecular weight is 403 g/mol. The Kier molecular flexibility index (Phi) is 5.71. The molecule has 0 saturated heterocycles. The van der Waals surface area contributed by atoms with Crippen molar-refractivity contribution < 1.29 is 23.1 Å². The molecule has 0 unspecified atom stereocenters. The SMILES string of the molecule is Cc1cc(C)c2c(OCC(=O)NCC(=O)Nc3ccc(F)c(F)c3)nn(C)c2n1. The third-order valence-corrected chi connectivity index (χ3v) is 4.08. The van der Waals surface area contributed by atoms with E-state index in [2.05, 4.69) is 20.7 Å². The molecule has 0 spiro atoms. The lowest BCUT2D eigenvalue weighted by Crippen LogP contribution is -2.35. The fourth-order valence-corrected chi connectivity index (χ4v) is 2.79. The van der Waals surface area contributed by atoms with Crippen LogP contribution in [-0.2, 0) is 16.6 Å². The first kappa shape index (κ1) is 20.2. The molecule has 0 fully saturated rings. The molecule has 0 atom stereocenters. The first-order valence-corrected chi connectivity index (χ1v) is 8.70. The van der Waals surface area contributed by atoms with Gasteiger partial charge in [-0.3, -0.25) is 9.59 Å². The summed E-state index contributed by atoms with van der Waals surface area (Å²) in [5, 5.41) is 9.68. The van der Waals surface area contributed by atoms with Gasteiger partial charge < -0.3 is 15.4 Å². The van der Waals surface area contributed by atoms with Crippen LogP contribution in [0.3, 0.4) is 0 Å². The highest BCUT2D eigenvalue weighted by Crippen LogP contribution is 2.26. The zero-order chi connectivity index (χ0) is 21.1. The van der Waals surface area contributed by atoms with Crippen molar-refractivity contribution in [2.45, 2.75) is 13.8 Å². The van der Waals surface area contributed by atoms with Gasteiger partial charge in [0.15, 0.2) is 23.9 Å². The molecule has 0 aliphatic carbocycles. The lowest BCUT2D eigenvalue weighted by molar-refractivity contribution is -0.125. The zero-order valence-corrected chi connectivity index (χ0v) is 16.0. The van der Waals surface area contributed by atoms with Crippen LogP contribution >= 0.6 is 0 Å². The number of amides is 2. The second-order valence-electron chi connectivity index (χ2n) is 6.45. The number of nitrogens with zero attached hydrogens (tertiary/aromatic N) is 3. The summed E-state index contributed by atoms with van der Waals surface area (Å²) in [4.78, 5) is 28.2. The van der Waals surface area contributed by atoms with Crippen molar-refractivity contribution in [3.05, 3.63) is 47.2 Å². The molecule has 0 aliphatic rings. The number of aromatic nitrogens is 3. The molecule has 8 nitrogen and oxygen atoms in total. The Hall–Kier alpha value is -3.56. The number of benzene rings is 1. The highest BCUT2D eigenvalue weighted by Gasteiger charge is 2.16.